The quantitative estimate of drug-likeness (QED) is 0.800. The van der Waals surface area contributed by atoms with Gasteiger partial charge in [0.25, 0.3) is 0 Å². The number of anilines is 1. The van der Waals surface area contributed by atoms with Crippen LogP contribution in [0.4, 0.5) is 5.13 Å². The summed E-state index contributed by atoms with van der Waals surface area (Å²) in [4.78, 5) is 16.6. The predicted molar refractivity (Wildman–Crippen MR) is 84.5 cm³/mol. The van der Waals surface area contributed by atoms with Crippen LogP contribution < -0.4 is 10.1 Å². The molecule has 3 rings (SSSR count). The summed E-state index contributed by atoms with van der Waals surface area (Å²) in [6.45, 7) is 3.62. The van der Waals surface area contributed by atoms with Crippen LogP contribution in [0.3, 0.4) is 0 Å². The van der Waals surface area contributed by atoms with Gasteiger partial charge >= 0.3 is 0 Å². The van der Waals surface area contributed by atoms with Crippen LogP contribution >= 0.6 is 11.3 Å². The number of carbonyl (C=O) groups excluding carboxylic acids is 1. The third-order valence-corrected chi connectivity index (χ3v) is 4.30. The van der Waals surface area contributed by atoms with Gasteiger partial charge in [-0.3, -0.25) is 4.79 Å². The SMILES string of the molecule is COc1cccc2sc(NC(=O)Cc3c(C)noc3C)nc12. The van der Waals surface area contributed by atoms with Gasteiger partial charge in [0.2, 0.25) is 5.91 Å². The number of fused-ring (bicyclic) bond motifs is 1. The third-order valence-electron chi connectivity index (χ3n) is 3.37. The number of carbonyl (C=O) groups is 1. The highest BCUT2D eigenvalue weighted by Gasteiger charge is 2.15. The molecule has 0 atom stereocenters. The van der Waals surface area contributed by atoms with E-state index in [2.05, 4.69) is 15.5 Å². The topological polar surface area (TPSA) is 77.2 Å². The van der Waals surface area contributed by atoms with E-state index in [0.29, 0.717) is 16.6 Å². The second-order valence-electron chi connectivity index (χ2n) is 4.85. The van der Waals surface area contributed by atoms with E-state index >= 15 is 0 Å². The zero-order valence-corrected chi connectivity index (χ0v) is 13.3. The summed E-state index contributed by atoms with van der Waals surface area (Å²) in [5, 5.41) is 7.22. The number of hydrogen-bond donors (Lipinski definition) is 1. The Morgan fingerprint density at radius 1 is 1.41 bits per heavy atom. The number of thiazole rings is 1. The molecule has 0 bridgehead atoms. The van der Waals surface area contributed by atoms with Crippen LogP contribution in [0, 0.1) is 13.8 Å². The molecular formula is C15H15N3O3S. The van der Waals surface area contributed by atoms with Crippen LogP contribution in [0.2, 0.25) is 0 Å². The van der Waals surface area contributed by atoms with Gasteiger partial charge in [-0.2, -0.15) is 0 Å². The van der Waals surface area contributed by atoms with Gasteiger partial charge in [0.05, 0.1) is 23.9 Å². The highest BCUT2D eigenvalue weighted by atomic mass is 32.1. The summed E-state index contributed by atoms with van der Waals surface area (Å²) in [6.07, 6.45) is 0.216. The Kier molecular flexibility index (Phi) is 3.81. The van der Waals surface area contributed by atoms with Gasteiger partial charge in [0, 0.05) is 5.56 Å². The molecule has 0 aliphatic heterocycles. The minimum atomic E-state index is -0.146. The Labute approximate surface area is 131 Å². The zero-order chi connectivity index (χ0) is 15.7. The first-order valence-electron chi connectivity index (χ1n) is 6.73. The van der Waals surface area contributed by atoms with Crippen molar-refractivity contribution in [1.82, 2.24) is 10.1 Å². The van der Waals surface area contributed by atoms with Crippen molar-refractivity contribution in [3.05, 3.63) is 35.2 Å². The maximum absolute atomic E-state index is 12.2. The first kappa shape index (κ1) is 14.5. The van der Waals surface area contributed by atoms with E-state index in [0.717, 1.165) is 21.5 Å². The summed E-state index contributed by atoms with van der Waals surface area (Å²) in [5.74, 6) is 1.21. The average Bonchev–Trinajstić information content (AvgIpc) is 3.04. The van der Waals surface area contributed by atoms with Crippen molar-refractivity contribution in [1.29, 1.82) is 0 Å². The van der Waals surface area contributed by atoms with Crippen molar-refractivity contribution in [2.24, 2.45) is 0 Å². The normalized spacial score (nSPS) is 10.9. The number of ether oxygens (including phenoxy) is 1. The molecule has 0 aliphatic carbocycles. The molecule has 1 N–H and O–H groups in total. The number of amides is 1. The lowest BCUT2D eigenvalue weighted by Crippen LogP contribution is -2.14. The van der Waals surface area contributed by atoms with Crippen LogP contribution in [-0.2, 0) is 11.2 Å². The van der Waals surface area contributed by atoms with Crippen molar-refractivity contribution >= 4 is 32.6 Å². The monoisotopic (exact) mass is 317 g/mol. The van der Waals surface area contributed by atoms with E-state index < -0.39 is 0 Å². The lowest BCUT2D eigenvalue weighted by atomic mass is 10.1. The van der Waals surface area contributed by atoms with Gasteiger partial charge < -0.3 is 14.6 Å². The molecule has 2 aromatic heterocycles. The molecule has 0 saturated heterocycles. The number of benzene rings is 1. The summed E-state index contributed by atoms with van der Waals surface area (Å²) in [5.41, 5.74) is 2.30. The Hall–Kier alpha value is -2.41. The number of methoxy groups -OCH3 is 1. The molecule has 0 unspecified atom stereocenters. The number of nitrogens with one attached hydrogen (secondary N) is 1. The molecule has 1 amide bonds. The number of para-hydroxylation sites is 1. The standard InChI is InChI=1S/C15H15N3O3S/c1-8-10(9(2)21-18-8)7-13(19)16-15-17-14-11(20-3)5-4-6-12(14)22-15/h4-6H,7H2,1-3H3,(H,16,17,19). The fraction of sp³-hybridized carbons (Fsp3) is 0.267. The Morgan fingerprint density at radius 3 is 2.91 bits per heavy atom. The summed E-state index contributed by atoms with van der Waals surface area (Å²) in [6, 6.07) is 5.69. The van der Waals surface area contributed by atoms with Crippen LogP contribution in [0.25, 0.3) is 10.2 Å². The van der Waals surface area contributed by atoms with Crippen molar-refractivity contribution in [2.75, 3.05) is 12.4 Å². The fourth-order valence-electron chi connectivity index (χ4n) is 2.22. The van der Waals surface area contributed by atoms with E-state index in [1.807, 2.05) is 25.1 Å². The van der Waals surface area contributed by atoms with E-state index in [4.69, 9.17) is 9.26 Å². The van der Waals surface area contributed by atoms with Crippen LogP contribution in [0.1, 0.15) is 17.0 Å². The van der Waals surface area contributed by atoms with Crippen LogP contribution in [0.15, 0.2) is 22.7 Å². The number of aromatic nitrogens is 2. The molecule has 0 aliphatic rings. The Bertz CT molecular complexity index is 818. The molecule has 0 fully saturated rings. The first-order valence-corrected chi connectivity index (χ1v) is 7.55. The van der Waals surface area contributed by atoms with Crippen molar-refractivity contribution in [3.63, 3.8) is 0 Å². The molecule has 22 heavy (non-hydrogen) atoms. The zero-order valence-electron chi connectivity index (χ0n) is 12.5. The molecule has 0 radical (unpaired) electrons. The second kappa shape index (κ2) is 5.76. The van der Waals surface area contributed by atoms with Crippen LogP contribution in [-0.4, -0.2) is 23.2 Å². The van der Waals surface area contributed by atoms with Crippen LogP contribution in [0.5, 0.6) is 5.75 Å². The fourth-order valence-corrected chi connectivity index (χ4v) is 3.12. The molecule has 2 heterocycles. The third kappa shape index (κ3) is 2.67. The average molecular weight is 317 g/mol. The molecular weight excluding hydrogens is 302 g/mol. The van der Waals surface area contributed by atoms with E-state index in [9.17, 15) is 4.79 Å². The first-order chi connectivity index (χ1) is 10.6. The Morgan fingerprint density at radius 2 is 2.23 bits per heavy atom. The number of nitrogens with zero attached hydrogens (tertiary/aromatic N) is 2. The lowest BCUT2D eigenvalue weighted by Gasteiger charge is -2.01. The lowest BCUT2D eigenvalue weighted by molar-refractivity contribution is -0.115. The minimum Gasteiger partial charge on any atom is -0.494 e. The number of aryl methyl sites for hydroxylation is 2. The minimum absolute atomic E-state index is 0.146. The van der Waals surface area contributed by atoms with Gasteiger partial charge in [-0.25, -0.2) is 4.98 Å². The molecule has 114 valence electrons. The summed E-state index contributed by atoms with van der Waals surface area (Å²) in [7, 11) is 1.60. The summed E-state index contributed by atoms with van der Waals surface area (Å²) < 4.78 is 11.3. The second-order valence-corrected chi connectivity index (χ2v) is 5.88. The molecule has 0 saturated carbocycles. The van der Waals surface area contributed by atoms with E-state index in [1.165, 1.54) is 11.3 Å². The maximum atomic E-state index is 12.2. The molecule has 7 heteroatoms. The molecule has 3 aromatic rings. The van der Waals surface area contributed by atoms with Gasteiger partial charge in [-0.05, 0) is 26.0 Å². The smallest absolute Gasteiger partial charge is 0.230 e. The Balaban J connectivity index is 1.80. The van der Waals surface area contributed by atoms with Crippen molar-refractivity contribution in [2.45, 2.75) is 20.3 Å². The molecule has 0 spiro atoms. The highest BCUT2D eigenvalue weighted by Crippen LogP contribution is 2.32. The number of hydrogen-bond acceptors (Lipinski definition) is 6. The largest absolute Gasteiger partial charge is 0.494 e. The van der Waals surface area contributed by atoms with Gasteiger partial charge in [-0.1, -0.05) is 22.6 Å². The van der Waals surface area contributed by atoms with Crippen molar-refractivity contribution in [3.8, 4) is 5.75 Å². The summed E-state index contributed by atoms with van der Waals surface area (Å²) >= 11 is 1.41. The molecule has 1 aromatic carbocycles. The van der Waals surface area contributed by atoms with Crippen molar-refractivity contribution < 1.29 is 14.1 Å². The van der Waals surface area contributed by atoms with Gasteiger partial charge in [0.15, 0.2) is 5.13 Å². The van der Waals surface area contributed by atoms with Gasteiger partial charge in [-0.15, -0.1) is 0 Å². The van der Waals surface area contributed by atoms with Gasteiger partial charge in [0.1, 0.15) is 17.0 Å². The van der Waals surface area contributed by atoms with E-state index in [-0.39, 0.29) is 12.3 Å². The predicted octanol–water partition coefficient (Wildman–Crippen LogP) is 3.09. The maximum Gasteiger partial charge on any atom is 0.230 e. The van der Waals surface area contributed by atoms with E-state index in [1.54, 1.807) is 14.0 Å². The number of rotatable bonds is 4. The molecule has 6 nitrogen and oxygen atoms in total. The highest BCUT2D eigenvalue weighted by molar-refractivity contribution is 7.22.